The third kappa shape index (κ3) is 1.44. The van der Waals surface area contributed by atoms with Gasteiger partial charge in [-0.2, -0.15) is 5.26 Å². The van der Waals surface area contributed by atoms with Gasteiger partial charge in [0.05, 0.1) is 30.4 Å². The molecule has 90 valence electrons. The molecule has 3 atom stereocenters. The summed E-state index contributed by atoms with van der Waals surface area (Å²) in [6.07, 6.45) is 0.539. The third-order valence-electron chi connectivity index (χ3n) is 3.86. The fraction of sp³-hybridized carbons (Fsp3) is 0.357. The van der Waals surface area contributed by atoms with Crippen molar-refractivity contribution in [2.24, 2.45) is 17.8 Å². The summed E-state index contributed by atoms with van der Waals surface area (Å²) in [5.41, 5.74) is 0.939. The van der Waals surface area contributed by atoms with Crippen molar-refractivity contribution in [3.8, 4) is 6.07 Å². The van der Waals surface area contributed by atoms with Crippen molar-refractivity contribution in [3.05, 3.63) is 35.9 Å². The average molecular weight is 240 g/mol. The Morgan fingerprint density at radius 3 is 2.61 bits per heavy atom. The largest absolute Gasteiger partial charge is 0.278 e. The molecule has 1 aromatic rings. The summed E-state index contributed by atoms with van der Waals surface area (Å²) < 4.78 is 0. The highest BCUT2D eigenvalue weighted by molar-refractivity contribution is 6.06. The van der Waals surface area contributed by atoms with Crippen LogP contribution in [0.5, 0.6) is 0 Å². The molecule has 0 radical (unpaired) electrons. The molecule has 0 bridgehead atoms. The Morgan fingerprint density at radius 2 is 1.94 bits per heavy atom. The van der Waals surface area contributed by atoms with E-state index in [4.69, 9.17) is 5.26 Å². The van der Waals surface area contributed by atoms with Gasteiger partial charge in [0.1, 0.15) is 0 Å². The van der Waals surface area contributed by atoms with E-state index in [1.54, 1.807) is 0 Å². The lowest BCUT2D eigenvalue weighted by Crippen LogP contribution is -2.37. The lowest BCUT2D eigenvalue weighted by Gasteiger charge is -2.30. The number of nitriles is 1. The molecule has 2 aliphatic rings. The van der Waals surface area contributed by atoms with E-state index in [-0.39, 0.29) is 29.6 Å². The zero-order chi connectivity index (χ0) is 12.7. The second-order valence-electron chi connectivity index (χ2n) is 4.85. The number of imide groups is 1. The lowest BCUT2D eigenvalue weighted by molar-refractivity contribution is -0.140. The summed E-state index contributed by atoms with van der Waals surface area (Å²) in [5, 5.41) is 8.88. The van der Waals surface area contributed by atoms with Gasteiger partial charge in [-0.25, -0.2) is 0 Å². The van der Waals surface area contributed by atoms with Crippen LogP contribution in [0.3, 0.4) is 0 Å². The van der Waals surface area contributed by atoms with Crippen LogP contribution in [-0.2, 0) is 16.1 Å². The molecule has 1 saturated heterocycles. The van der Waals surface area contributed by atoms with Crippen molar-refractivity contribution in [2.75, 3.05) is 0 Å². The average Bonchev–Trinajstić information content (AvgIpc) is 2.52. The highest BCUT2D eigenvalue weighted by atomic mass is 16.2. The van der Waals surface area contributed by atoms with E-state index in [1.165, 1.54) is 4.90 Å². The van der Waals surface area contributed by atoms with E-state index in [0.717, 1.165) is 5.56 Å². The second kappa shape index (κ2) is 3.95. The SMILES string of the molecule is N#CC1CC2C(=O)N(Cc3ccccc3)C(=O)C12. The number of hydrogen-bond donors (Lipinski definition) is 0. The Bertz CT molecular complexity index is 547. The van der Waals surface area contributed by atoms with Crippen LogP contribution in [0.15, 0.2) is 30.3 Å². The molecule has 4 nitrogen and oxygen atoms in total. The van der Waals surface area contributed by atoms with E-state index >= 15 is 0 Å². The van der Waals surface area contributed by atoms with Gasteiger partial charge in [-0.15, -0.1) is 0 Å². The zero-order valence-electron chi connectivity index (χ0n) is 9.74. The number of benzene rings is 1. The highest BCUT2D eigenvalue weighted by Gasteiger charge is 2.58. The van der Waals surface area contributed by atoms with Crippen LogP contribution in [0.4, 0.5) is 0 Å². The first-order valence-electron chi connectivity index (χ1n) is 6.01. The van der Waals surface area contributed by atoms with E-state index in [1.807, 2.05) is 30.3 Å². The van der Waals surface area contributed by atoms with Gasteiger partial charge in [0.15, 0.2) is 0 Å². The number of hydrogen-bond acceptors (Lipinski definition) is 3. The maximum Gasteiger partial charge on any atom is 0.234 e. The van der Waals surface area contributed by atoms with Gasteiger partial charge in [0, 0.05) is 0 Å². The van der Waals surface area contributed by atoms with Crippen molar-refractivity contribution < 1.29 is 9.59 Å². The number of carbonyl (C=O) groups excluding carboxylic acids is 2. The van der Waals surface area contributed by atoms with Crippen LogP contribution >= 0.6 is 0 Å². The Labute approximate surface area is 105 Å². The molecule has 2 fully saturated rings. The maximum atomic E-state index is 12.1. The molecule has 2 amide bonds. The van der Waals surface area contributed by atoms with Crippen molar-refractivity contribution in [3.63, 3.8) is 0 Å². The van der Waals surface area contributed by atoms with Crippen LogP contribution < -0.4 is 0 Å². The topological polar surface area (TPSA) is 61.2 Å². The molecule has 18 heavy (non-hydrogen) atoms. The molecule has 3 rings (SSSR count). The molecule has 1 heterocycles. The number of carbonyl (C=O) groups is 2. The smallest absolute Gasteiger partial charge is 0.234 e. The van der Waals surface area contributed by atoms with Gasteiger partial charge in [0.2, 0.25) is 11.8 Å². The first kappa shape index (κ1) is 11.0. The summed E-state index contributed by atoms with van der Waals surface area (Å²) in [7, 11) is 0. The van der Waals surface area contributed by atoms with Crippen LogP contribution in [0.2, 0.25) is 0 Å². The first-order valence-corrected chi connectivity index (χ1v) is 6.01. The summed E-state index contributed by atoms with van der Waals surface area (Å²) in [5.74, 6) is -1.18. The zero-order valence-corrected chi connectivity index (χ0v) is 9.74. The van der Waals surface area contributed by atoms with Crippen molar-refractivity contribution in [1.82, 2.24) is 4.90 Å². The third-order valence-corrected chi connectivity index (χ3v) is 3.86. The number of fused-ring (bicyclic) bond motifs is 1. The quantitative estimate of drug-likeness (QED) is 0.733. The van der Waals surface area contributed by atoms with Crippen molar-refractivity contribution >= 4 is 11.8 Å². The lowest BCUT2D eigenvalue weighted by atomic mass is 9.67. The minimum atomic E-state index is -0.383. The molecule has 1 aliphatic carbocycles. The van der Waals surface area contributed by atoms with Gasteiger partial charge in [-0.3, -0.25) is 14.5 Å². The van der Waals surface area contributed by atoms with Crippen molar-refractivity contribution in [1.29, 1.82) is 5.26 Å². The summed E-state index contributed by atoms with van der Waals surface area (Å²) in [6, 6.07) is 11.6. The fourth-order valence-corrected chi connectivity index (χ4v) is 2.79. The van der Waals surface area contributed by atoms with Crippen LogP contribution in [0.1, 0.15) is 12.0 Å². The Morgan fingerprint density at radius 1 is 1.22 bits per heavy atom. The van der Waals surface area contributed by atoms with E-state index in [2.05, 4.69) is 6.07 Å². The normalized spacial score (nSPS) is 29.7. The van der Waals surface area contributed by atoms with E-state index < -0.39 is 0 Å². The van der Waals surface area contributed by atoms with Crippen LogP contribution in [0, 0.1) is 29.1 Å². The maximum absolute atomic E-state index is 12.1. The Balaban J connectivity index is 1.81. The summed E-state index contributed by atoms with van der Waals surface area (Å²) in [6.45, 7) is 0.323. The molecule has 4 heteroatoms. The summed E-state index contributed by atoms with van der Waals surface area (Å²) >= 11 is 0. The molecule has 1 aliphatic heterocycles. The Kier molecular flexibility index (Phi) is 2.41. The number of amides is 2. The van der Waals surface area contributed by atoms with Crippen LogP contribution in [0.25, 0.3) is 0 Å². The fourth-order valence-electron chi connectivity index (χ4n) is 2.79. The molecule has 1 saturated carbocycles. The minimum absolute atomic E-state index is 0.111. The number of likely N-dealkylation sites (tertiary alicyclic amines) is 1. The van der Waals surface area contributed by atoms with Crippen molar-refractivity contribution in [2.45, 2.75) is 13.0 Å². The number of rotatable bonds is 2. The minimum Gasteiger partial charge on any atom is -0.278 e. The molecule has 0 spiro atoms. The molecule has 1 aromatic carbocycles. The van der Waals surface area contributed by atoms with Gasteiger partial charge in [-0.1, -0.05) is 30.3 Å². The van der Waals surface area contributed by atoms with Gasteiger partial charge < -0.3 is 0 Å². The second-order valence-corrected chi connectivity index (χ2v) is 4.85. The number of nitrogens with zero attached hydrogens (tertiary/aromatic N) is 2. The molecular formula is C14H12N2O2. The monoisotopic (exact) mass is 240 g/mol. The standard InChI is InChI=1S/C14H12N2O2/c15-7-10-6-11-12(10)14(18)16(13(11)17)8-9-4-2-1-3-5-9/h1-5,10-12H,6,8H2. The predicted octanol–water partition coefficient (Wildman–Crippen LogP) is 1.33. The molecule has 0 aromatic heterocycles. The molecular weight excluding hydrogens is 228 g/mol. The van der Waals surface area contributed by atoms with E-state index in [9.17, 15) is 9.59 Å². The van der Waals surface area contributed by atoms with Gasteiger partial charge >= 0.3 is 0 Å². The Hall–Kier alpha value is -2.15. The van der Waals surface area contributed by atoms with Gasteiger partial charge in [0.25, 0.3) is 0 Å². The van der Waals surface area contributed by atoms with Crippen LogP contribution in [-0.4, -0.2) is 16.7 Å². The summed E-state index contributed by atoms with van der Waals surface area (Å²) in [4.78, 5) is 25.5. The molecule has 0 N–H and O–H groups in total. The highest BCUT2D eigenvalue weighted by Crippen LogP contribution is 2.47. The first-order chi connectivity index (χ1) is 8.72. The molecule has 3 unspecified atom stereocenters. The van der Waals surface area contributed by atoms with Gasteiger partial charge in [-0.05, 0) is 12.0 Å². The van der Waals surface area contributed by atoms with E-state index in [0.29, 0.717) is 13.0 Å². The predicted molar refractivity (Wildman–Crippen MR) is 62.7 cm³/mol.